The molecule has 0 heterocycles. The van der Waals surface area contributed by atoms with E-state index in [2.05, 4.69) is 22.3 Å². The Morgan fingerprint density at radius 2 is 1.70 bits per heavy atom. The van der Waals surface area contributed by atoms with Crippen molar-refractivity contribution < 1.29 is 4.39 Å². The number of nitrogens with zero attached hydrogens (tertiary/aromatic N) is 1. The number of hydrogen-bond donors (Lipinski definition) is 1. The topological polar surface area (TPSA) is 15.3 Å². The summed E-state index contributed by atoms with van der Waals surface area (Å²) in [7, 11) is 4.09. The highest BCUT2D eigenvalue weighted by atomic mass is 35.5. The molecular formula is C16H18ClFN2. The molecule has 1 N–H and O–H groups in total. The quantitative estimate of drug-likeness (QED) is 0.890. The molecule has 0 aliphatic carbocycles. The molecule has 0 fully saturated rings. The summed E-state index contributed by atoms with van der Waals surface area (Å²) in [6.45, 7) is 1.49. The summed E-state index contributed by atoms with van der Waals surface area (Å²) in [5.41, 5.74) is 3.14. The maximum Gasteiger partial charge on any atom is 0.142 e. The molecule has 0 atom stereocenters. The fourth-order valence-electron chi connectivity index (χ4n) is 1.95. The molecule has 0 amide bonds. The normalized spacial score (nSPS) is 10.8. The molecule has 0 radical (unpaired) electrons. The van der Waals surface area contributed by atoms with Crippen molar-refractivity contribution in [1.29, 1.82) is 0 Å². The Labute approximate surface area is 124 Å². The van der Waals surface area contributed by atoms with E-state index < -0.39 is 0 Å². The molecule has 0 saturated heterocycles. The minimum absolute atomic E-state index is 0.154. The van der Waals surface area contributed by atoms with Gasteiger partial charge in [-0.15, -0.1) is 0 Å². The number of hydrogen-bond acceptors (Lipinski definition) is 2. The summed E-state index contributed by atoms with van der Waals surface area (Å²) < 4.78 is 13.3. The largest absolute Gasteiger partial charge is 0.381 e. The molecule has 20 heavy (non-hydrogen) atoms. The second kappa shape index (κ2) is 6.73. The zero-order valence-electron chi connectivity index (χ0n) is 11.7. The lowest BCUT2D eigenvalue weighted by Gasteiger charge is -2.11. The summed E-state index contributed by atoms with van der Waals surface area (Å²) in [6, 6.07) is 13.1. The lowest BCUT2D eigenvalue weighted by molar-refractivity contribution is 0.402. The van der Waals surface area contributed by atoms with Crippen molar-refractivity contribution >= 4 is 17.3 Å². The standard InChI is InChI=1S/C16H18ClFN2/c1-20(2)11-12-3-6-14(7-4-12)19-10-13-5-8-15(17)16(18)9-13/h3-9,19H,10-11H2,1-2H3. The van der Waals surface area contributed by atoms with Gasteiger partial charge in [-0.3, -0.25) is 0 Å². The summed E-state index contributed by atoms with van der Waals surface area (Å²) in [4.78, 5) is 2.12. The Kier molecular flexibility index (Phi) is 4.99. The van der Waals surface area contributed by atoms with Gasteiger partial charge in [-0.2, -0.15) is 0 Å². The summed E-state index contributed by atoms with van der Waals surface area (Å²) in [5.74, 6) is -0.382. The van der Waals surface area contributed by atoms with E-state index in [9.17, 15) is 4.39 Å². The minimum Gasteiger partial charge on any atom is -0.381 e. The molecule has 4 heteroatoms. The van der Waals surface area contributed by atoms with Crippen molar-refractivity contribution in [3.63, 3.8) is 0 Å². The second-order valence-electron chi connectivity index (χ2n) is 5.04. The molecule has 0 unspecified atom stereocenters. The molecule has 106 valence electrons. The van der Waals surface area contributed by atoms with Gasteiger partial charge in [0.1, 0.15) is 5.82 Å². The van der Waals surface area contributed by atoms with Crippen LogP contribution in [0.3, 0.4) is 0 Å². The van der Waals surface area contributed by atoms with E-state index in [0.717, 1.165) is 17.8 Å². The van der Waals surface area contributed by atoms with Crippen LogP contribution in [0.2, 0.25) is 5.02 Å². The van der Waals surface area contributed by atoms with E-state index in [4.69, 9.17) is 11.6 Å². The first-order chi connectivity index (χ1) is 9.54. The number of anilines is 1. The van der Waals surface area contributed by atoms with Crippen LogP contribution in [-0.2, 0) is 13.1 Å². The predicted molar refractivity (Wildman–Crippen MR) is 82.6 cm³/mol. The first-order valence-corrected chi connectivity index (χ1v) is 6.84. The van der Waals surface area contributed by atoms with Gasteiger partial charge in [0.05, 0.1) is 5.02 Å². The molecule has 0 aliphatic heterocycles. The van der Waals surface area contributed by atoms with Crippen LogP contribution in [-0.4, -0.2) is 19.0 Å². The number of halogens is 2. The van der Waals surface area contributed by atoms with Gasteiger partial charge < -0.3 is 10.2 Å². The van der Waals surface area contributed by atoms with Crippen molar-refractivity contribution in [1.82, 2.24) is 4.90 Å². The van der Waals surface area contributed by atoms with Crippen LogP contribution in [0.15, 0.2) is 42.5 Å². The molecule has 2 aromatic carbocycles. The third-order valence-electron chi connectivity index (χ3n) is 2.93. The fourth-order valence-corrected chi connectivity index (χ4v) is 2.06. The van der Waals surface area contributed by atoms with Crippen molar-refractivity contribution in [3.05, 3.63) is 64.4 Å². The molecule has 0 aliphatic rings. The van der Waals surface area contributed by atoms with E-state index in [1.807, 2.05) is 32.3 Å². The van der Waals surface area contributed by atoms with Crippen molar-refractivity contribution in [2.45, 2.75) is 13.1 Å². The fraction of sp³-hybridized carbons (Fsp3) is 0.250. The first-order valence-electron chi connectivity index (χ1n) is 6.46. The maximum absolute atomic E-state index is 13.3. The van der Waals surface area contributed by atoms with Crippen molar-refractivity contribution in [2.24, 2.45) is 0 Å². The van der Waals surface area contributed by atoms with Crippen molar-refractivity contribution in [3.8, 4) is 0 Å². The predicted octanol–water partition coefficient (Wildman–Crippen LogP) is 4.15. The van der Waals surface area contributed by atoms with E-state index in [0.29, 0.717) is 6.54 Å². The monoisotopic (exact) mass is 292 g/mol. The van der Waals surface area contributed by atoms with Crippen LogP contribution in [0.5, 0.6) is 0 Å². The smallest absolute Gasteiger partial charge is 0.142 e. The highest BCUT2D eigenvalue weighted by Gasteiger charge is 2.01. The summed E-state index contributed by atoms with van der Waals surface area (Å²) in [5, 5.41) is 3.42. The molecule has 0 bridgehead atoms. The summed E-state index contributed by atoms with van der Waals surface area (Å²) in [6.07, 6.45) is 0. The van der Waals surface area contributed by atoms with E-state index >= 15 is 0 Å². The number of rotatable bonds is 5. The van der Waals surface area contributed by atoms with Gasteiger partial charge >= 0.3 is 0 Å². The molecule has 2 rings (SSSR count). The average molecular weight is 293 g/mol. The highest BCUT2D eigenvalue weighted by Crippen LogP contribution is 2.17. The van der Waals surface area contributed by atoms with Crippen LogP contribution in [0.1, 0.15) is 11.1 Å². The SMILES string of the molecule is CN(C)Cc1ccc(NCc2ccc(Cl)c(F)c2)cc1. The first kappa shape index (κ1) is 14.8. The highest BCUT2D eigenvalue weighted by molar-refractivity contribution is 6.30. The summed E-state index contributed by atoms with van der Waals surface area (Å²) >= 11 is 5.66. The van der Waals surface area contributed by atoms with Crippen LogP contribution >= 0.6 is 11.6 Å². The van der Waals surface area contributed by atoms with E-state index in [1.54, 1.807) is 6.07 Å². The van der Waals surface area contributed by atoms with Crippen LogP contribution in [0.4, 0.5) is 10.1 Å². The van der Waals surface area contributed by atoms with Gasteiger partial charge in [0.2, 0.25) is 0 Å². The molecule has 2 nitrogen and oxygen atoms in total. The van der Waals surface area contributed by atoms with Crippen LogP contribution < -0.4 is 5.32 Å². The average Bonchev–Trinajstić information content (AvgIpc) is 2.41. The third-order valence-corrected chi connectivity index (χ3v) is 3.24. The van der Waals surface area contributed by atoms with Gasteiger partial charge in [-0.05, 0) is 49.5 Å². The number of benzene rings is 2. The van der Waals surface area contributed by atoms with E-state index in [1.165, 1.54) is 11.6 Å². The minimum atomic E-state index is -0.382. The third kappa shape index (κ3) is 4.22. The Balaban J connectivity index is 1.95. The number of nitrogens with one attached hydrogen (secondary N) is 1. The van der Waals surface area contributed by atoms with Gasteiger partial charge in [-0.1, -0.05) is 29.8 Å². The van der Waals surface area contributed by atoms with Crippen LogP contribution in [0.25, 0.3) is 0 Å². The van der Waals surface area contributed by atoms with E-state index in [-0.39, 0.29) is 10.8 Å². The second-order valence-corrected chi connectivity index (χ2v) is 5.44. The molecular weight excluding hydrogens is 275 g/mol. The van der Waals surface area contributed by atoms with Gasteiger partial charge in [0.25, 0.3) is 0 Å². The zero-order chi connectivity index (χ0) is 14.5. The van der Waals surface area contributed by atoms with Gasteiger partial charge in [0.15, 0.2) is 0 Å². The Morgan fingerprint density at radius 3 is 2.30 bits per heavy atom. The lowest BCUT2D eigenvalue weighted by Crippen LogP contribution is -2.10. The molecule has 0 spiro atoms. The Bertz CT molecular complexity index is 567. The Morgan fingerprint density at radius 1 is 1.05 bits per heavy atom. The molecule has 2 aromatic rings. The van der Waals surface area contributed by atoms with Gasteiger partial charge in [0, 0.05) is 18.8 Å². The van der Waals surface area contributed by atoms with Crippen molar-refractivity contribution in [2.75, 3.05) is 19.4 Å². The van der Waals surface area contributed by atoms with Gasteiger partial charge in [-0.25, -0.2) is 4.39 Å². The molecule has 0 aromatic heterocycles. The lowest BCUT2D eigenvalue weighted by atomic mass is 10.2. The zero-order valence-corrected chi connectivity index (χ0v) is 12.4. The molecule has 0 saturated carbocycles. The Hall–Kier alpha value is -1.58. The maximum atomic E-state index is 13.3. The van der Waals surface area contributed by atoms with Crippen LogP contribution in [0, 0.1) is 5.82 Å².